The number of anilines is 1. The van der Waals surface area contributed by atoms with E-state index in [2.05, 4.69) is 24.8 Å². The van der Waals surface area contributed by atoms with Crippen LogP contribution in [0.1, 0.15) is 5.69 Å². The summed E-state index contributed by atoms with van der Waals surface area (Å²) in [5, 5.41) is 0.809. The first-order chi connectivity index (χ1) is 12.7. The minimum absolute atomic E-state index is 0.210. The van der Waals surface area contributed by atoms with Gasteiger partial charge < -0.3 is 9.64 Å². The molecule has 1 saturated heterocycles. The quantitative estimate of drug-likeness (QED) is 0.718. The molecule has 1 aliphatic rings. The Bertz CT molecular complexity index is 897. The summed E-state index contributed by atoms with van der Waals surface area (Å²) in [4.78, 5) is 17.6. The van der Waals surface area contributed by atoms with Gasteiger partial charge in [-0.15, -0.1) is 0 Å². The lowest BCUT2D eigenvalue weighted by molar-refractivity contribution is 0.247. The average Bonchev–Trinajstić information content (AvgIpc) is 2.68. The van der Waals surface area contributed by atoms with E-state index in [0.717, 1.165) is 49.6 Å². The third-order valence-corrected chi connectivity index (χ3v) is 4.67. The summed E-state index contributed by atoms with van der Waals surface area (Å²) >= 11 is 0. The summed E-state index contributed by atoms with van der Waals surface area (Å²) in [6.07, 6.45) is 3.31. The van der Waals surface area contributed by atoms with Gasteiger partial charge in [0.1, 0.15) is 12.1 Å². The average molecular weight is 353 g/mol. The van der Waals surface area contributed by atoms with E-state index >= 15 is 0 Å². The normalized spacial score (nSPS) is 15.4. The zero-order valence-electron chi connectivity index (χ0n) is 14.6. The van der Waals surface area contributed by atoms with E-state index < -0.39 is 5.82 Å². The molecule has 0 amide bonds. The fraction of sp³-hybridized carbons (Fsp3) is 0.316. The lowest BCUT2D eigenvalue weighted by Gasteiger charge is -2.35. The maximum Gasteiger partial charge on any atom is 0.167 e. The van der Waals surface area contributed by atoms with Crippen molar-refractivity contribution in [1.82, 2.24) is 19.9 Å². The molecule has 1 fully saturated rings. The highest BCUT2D eigenvalue weighted by Crippen LogP contribution is 2.29. The molecule has 2 aromatic heterocycles. The van der Waals surface area contributed by atoms with Gasteiger partial charge in [-0.05, 0) is 18.2 Å². The second kappa shape index (κ2) is 7.21. The Kier molecular flexibility index (Phi) is 4.62. The minimum Gasteiger partial charge on any atom is -0.494 e. The molecule has 0 N–H and O–H groups in total. The Morgan fingerprint density at radius 1 is 1.08 bits per heavy atom. The van der Waals surface area contributed by atoms with Gasteiger partial charge in [0.25, 0.3) is 0 Å². The molecule has 1 aliphatic heterocycles. The van der Waals surface area contributed by atoms with Crippen molar-refractivity contribution in [1.29, 1.82) is 0 Å². The molecule has 0 atom stereocenters. The number of benzene rings is 1. The van der Waals surface area contributed by atoms with Gasteiger partial charge >= 0.3 is 0 Å². The van der Waals surface area contributed by atoms with Gasteiger partial charge in [0.15, 0.2) is 11.6 Å². The van der Waals surface area contributed by atoms with Gasteiger partial charge in [0.2, 0.25) is 0 Å². The maximum absolute atomic E-state index is 13.9. The summed E-state index contributed by atoms with van der Waals surface area (Å²) < 4.78 is 19.1. The zero-order chi connectivity index (χ0) is 17.9. The number of nitrogens with zero attached hydrogens (tertiary/aromatic N) is 5. The molecule has 1 aromatic carbocycles. The van der Waals surface area contributed by atoms with Gasteiger partial charge in [-0.1, -0.05) is 6.07 Å². The number of fused-ring (bicyclic) bond motifs is 1. The predicted octanol–water partition coefficient (Wildman–Crippen LogP) is 2.49. The molecular weight excluding hydrogens is 333 g/mol. The largest absolute Gasteiger partial charge is 0.494 e. The molecule has 7 heteroatoms. The molecular formula is C19H20FN5O. The van der Waals surface area contributed by atoms with E-state index in [0.29, 0.717) is 5.52 Å². The number of halogens is 1. The molecule has 3 heterocycles. The number of pyridine rings is 1. The first-order valence-electron chi connectivity index (χ1n) is 8.60. The van der Waals surface area contributed by atoms with Crippen LogP contribution >= 0.6 is 0 Å². The van der Waals surface area contributed by atoms with E-state index in [9.17, 15) is 4.39 Å². The summed E-state index contributed by atoms with van der Waals surface area (Å²) in [5.74, 6) is 0.623. The first kappa shape index (κ1) is 16.7. The number of methoxy groups -OCH3 is 1. The molecule has 0 radical (unpaired) electrons. The van der Waals surface area contributed by atoms with Gasteiger partial charge in [0, 0.05) is 50.4 Å². The van der Waals surface area contributed by atoms with Crippen molar-refractivity contribution in [2.24, 2.45) is 0 Å². The van der Waals surface area contributed by atoms with Crippen LogP contribution in [0.3, 0.4) is 0 Å². The monoisotopic (exact) mass is 353 g/mol. The number of piperazine rings is 1. The van der Waals surface area contributed by atoms with Crippen molar-refractivity contribution in [2.75, 3.05) is 38.2 Å². The minimum atomic E-state index is -0.412. The van der Waals surface area contributed by atoms with Crippen LogP contribution in [0.4, 0.5) is 10.2 Å². The lowest BCUT2D eigenvalue weighted by atomic mass is 10.2. The Labute approximate surface area is 151 Å². The van der Waals surface area contributed by atoms with Crippen molar-refractivity contribution in [3.05, 3.63) is 54.4 Å². The van der Waals surface area contributed by atoms with Crippen LogP contribution in [0.15, 0.2) is 42.9 Å². The summed E-state index contributed by atoms with van der Waals surface area (Å²) in [6.45, 7) is 4.37. The van der Waals surface area contributed by atoms with Crippen LogP contribution in [0.2, 0.25) is 0 Å². The van der Waals surface area contributed by atoms with Crippen molar-refractivity contribution in [3.8, 4) is 5.75 Å². The van der Waals surface area contributed by atoms with Crippen molar-refractivity contribution in [2.45, 2.75) is 6.54 Å². The maximum atomic E-state index is 13.9. The fourth-order valence-corrected chi connectivity index (χ4v) is 3.29. The molecule has 4 rings (SSSR count). The van der Waals surface area contributed by atoms with Crippen LogP contribution in [0, 0.1) is 5.82 Å². The van der Waals surface area contributed by atoms with Gasteiger partial charge in [0.05, 0.1) is 18.3 Å². The second-order valence-electron chi connectivity index (χ2n) is 6.29. The standard InChI is InChI=1S/C19H20FN5O/c1-26-18-10-15-17(11-16(18)20)22-13-23-19(15)25-8-6-24(7-9-25)12-14-4-2-3-5-21-14/h2-5,10-11,13H,6-9,12H2,1H3. The third kappa shape index (κ3) is 3.30. The summed E-state index contributed by atoms with van der Waals surface area (Å²) in [6, 6.07) is 9.07. The fourth-order valence-electron chi connectivity index (χ4n) is 3.29. The molecule has 0 aliphatic carbocycles. The Hall–Kier alpha value is -2.80. The molecule has 3 aromatic rings. The predicted molar refractivity (Wildman–Crippen MR) is 97.8 cm³/mol. The SMILES string of the molecule is COc1cc2c(N3CCN(Cc4ccccn4)CC3)ncnc2cc1F. The van der Waals surface area contributed by atoms with E-state index in [-0.39, 0.29) is 5.75 Å². The molecule has 26 heavy (non-hydrogen) atoms. The highest BCUT2D eigenvalue weighted by Gasteiger charge is 2.21. The third-order valence-electron chi connectivity index (χ3n) is 4.67. The topological polar surface area (TPSA) is 54.4 Å². The highest BCUT2D eigenvalue weighted by atomic mass is 19.1. The van der Waals surface area contributed by atoms with E-state index in [1.54, 1.807) is 6.07 Å². The van der Waals surface area contributed by atoms with Crippen LogP contribution in [0.5, 0.6) is 5.75 Å². The van der Waals surface area contributed by atoms with E-state index in [1.807, 2.05) is 24.4 Å². The summed E-state index contributed by atoms with van der Waals surface area (Å²) in [5.41, 5.74) is 1.66. The smallest absolute Gasteiger partial charge is 0.167 e. The van der Waals surface area contributed by atoms with Crippen molar-refractivity contribution >= 4 is 16.7 Å². The number of rotatable bonds is 4. The second-order valence-corrected chi connectivity index (χ2v) is 6.29. The van der Waals surface area contributed by atoms with Gasteiger partial charge in [-0.3, -0.25) is 9.88 Å². The lowest BCUT2D eigenvalue weighted by Crippen LogP contribution is -2.46. The number of ether oxygens (including phenoxy) is 1. The highest BCUT2D eigenvalue weighted by molar-refractivity contribution is 5.90. The molecule has 6 nitrogen and oxygen atoms in total. The Morgan fingerprint density at radius 2 is 1.92 bits per heavy atom. The number of hydrogen-bond donors (Lipinski definition) is 0. The van der Waals surface area contributed by atoms with Crippen molar-refractivity contribution in [3.63, 3.8) is 0 Å². The van der Waals surface area contributed by atoms with Gasteiger partial charge in [-0.25, -0.2) is 14.4 Å². The zero-order valence-corrected chi connectivity index (χ0v) is 14.6. The molecule has 0 bridgehead atoms. The first-order valence-corrected chi connectivity index (χ1v) is 8.60. The molecule has 0 saturated carbocycles. The molecule has 134 valence electrons. The Morgan fingerprint density at radius 3 is 2.65 bits per heavy atom. The Balaban J connectivity index is 1.52. The van der Waals surface area contributed by atoms with Crippen LogP contribution in [0.25, 0.3) is 10.9 Å². The van der Waals surface area contributed by atoms with E-state index in [4.69, 9.17) is 4.74 Å². The van der Waals surface area contributed by atoms with Crippen molar-refractivity contribution < 1.29 is 9.13 Å². The number of aromatic nitrogens is 3. The van der Waals surface area contributed by atoms with Crippen LogP contribution in [-0.2, 0) is 6.54 Å². The van der Waals surface area contributed by atoms with E-state index in [1.165, 1.54) is 19.5 Å². The summed E-state index contributed by atoms with van der Waals surface area (Å²) in [7, 11) is 1.46. The molecule has 0 unspecified atom stereocenters. The van der Waals surface area contributed by atoms with Crippen LogP contribution in [-0.4, -0.2) is 53.1 Å². The number of hydrogen-bond acceptors (Lipinski definition) is 6. The van der Waals surface area contributed by atoms with Gasteiger partial charge in [-0.2, -0.15) is 0 Å². The van der Waals surface area contributed by atoms with Crippen LogP contribution < -0.4 is 9.64 Å². The molecule has 0 spiro atoms.